The normalized spacial score (nSPS) is 10.2. The monoisotopic (exact) mass is 414 g/mol. The van der Waals surface area contributed by atoms with Crippen LogP contribution in [0.1, 0.15) is 10.4 Å². The van der Waals surface area contributed by atoms with Crippen LogP contribution in [0, 0.1) is 0 Å². The lowest BCUT2D eigenvalue weighted by atomic mass is 10.2. The summed E-state index contributed by atoms with van der Waals surface area (Å²) in [6, 6.07) is 9.86. The number of carbonyl (C=O) groups excluding carboxylic acids is 2. The van der Waals surface area contributed by atoms with Gasteiger partial charge >= 0.3 is 0 Å². The lowest BCUT2D eigenvalue weighted by Crippen LogP contribution is -2.42. The maximum Gasteiger partial charge on any atom is 0.273 e. The Kier molecular flexibility index (Phi) is 7.44. The largest absolute Gasteiger partial charge is 0.493 e. The van der Waals surface area contributed by atoms with Crippen molar-refractivity contribution in [2.45, 2.75) is 4.90 Å². The quantitative estimate of drug-likeness (QED) is 0.557. The number of para-hydroxylation sites is 1. The molecule has 0 bridgehead atoms. The van der Waals surface area contributed by atoms with Gasteiger partial charge < -0.3 is 9.47 Å². The minimum Gasteiger partial charge on any atom is -0.493 e. The van der Waals surface area contributed by atoms with E-state index in [4.69, 9.17) is 32.7 Å². The SMILES string of the molecule is COc1cccc(C(=O)NNC(=O)CSc2cc(Cl)ccc2Cl)c1OC. The third kappa shape index (κ3) is 5.20. The summed E-state index contributed by atoms with van der Waals surface area (Å²) in [5, 5.41) is 1.02. The summed E-state index contributed by atoms with van der Waals surface area (Å²) in [6.45, 7) is 0. The standard InChI is InChI=1S/C17H16Cl2N2O4S/c1-24-13-5-3-4-11(16(13)25-2)17(23)21-20-15(22)9-26-14-8-10(18)6-7-12(14)19/h3-8H,9H2,1-2H3,(H,20,22)(H,21,23). The van der Waals surface area contributed by atoms with Crippen molar-refractivity contribution in [1.82, 2.24) is 10.9 Å². The summed E-state index contributed by atoms with van der Waals surface area (Å²) in [4.78, 5) is 24.9. The molecular weight excluding hydrogens is 399 g/mol. The predicted octanol–water partition coefficient (Wildman–Crippen LogP) is 3.56. The number of hydrogen-bond donors (Lipinski definition) is 2. The highest BCUT2D eigenvalue weighted by molar-refractivity contribution is 8.00. The van der Waals surface area contributed by atoms with Crippen LogP contribution in [0.3, 0.4) is 0 Å². The van der Waals surface area contributed by atoms with Crippen LogP contribution < -0.4 is 20.3 Å². The van der Waals surface area contributed by atoms with Crippen molar-refractivity contribution in [2.75, 3.05) is 20.0 Å². The number of carbonyl (C=O) groups is 2. The van der Waals surface area contributed by atoms with Gasteiger partial charge in [0.15, 0.2) is 11.5 Å². The minimum absolute atomic E-state index is 0.0512. The Morgan fingerprint density at radius 3 is 2.54 bits per heavy atom. The number of ether oxygens (including phenoxy) is 2. The summed E-state index contributed by atoms with van der Waals surface area (Å²) in [6.07, 6.45) is 0. The molecule has 26 heavy (non-hydrogen) atoms. The van der Waals surface area contributed by atoms with E-state index in [1.54, 1.807) is 36.4 Å². The van der Waals surface area contributed by atoms with Crippen LogP contribution in [0.4, 0.5) is 0 Å². The van der Waals surface area contributed by atoms with Gasteiger partial charge in [0, 0.05) is 9.92 Å². The average molecular weight is 415 g/mol. The number of methoxy groups -OCH3 is 2. The molecule has 2 N–H and O–H groups in total. The lowest BCUT2D eigenvalue weighted by Gasteiger charge is -2.13. The maximum absolute atomic E-state index is 12.3. The first-order valence-electron chi connectivity index (χ1n) is 7.34. The van der Waals surface area contributed by atoms with Gasteiger partial charge in [-0.2, -0.15) is 0 Å². The Morgan fingerprint density at radius 2 is 1.85 bits per heavy atom. The number of halogens is 2. The molecule has 0 aliphatic carbocycles. The molecule has 0 aliphatic heterocycles. The van der Waals surface area contributed by atoms with Crippen LogP contribution in [-0.4, -0.2) is 31.8 Å². The van der Waals surface area contributed by atoms with E-state index in [1.807, 2.05) is 0 Å². The Hall–Kier alpha value is -2.09. The van der Waals surface area contributed by atoms with E-state index < -0.39 is 11.8 Å². The Morgan fingerprint density at radius 1 is 1.08 bits per heavy atom. The molecule has 2 aromatic rings. The van der Waals surface area contributed by atoms with Crippen molar-refractivity contribution < 1.29 is 19.1 Å². The molecule has 0 aromatic heterocycles. The molecule has 0 saturated carbocycles. The number of hydrogen-bond acceptors (Lipinski definition) is 5. The van der Waals surface area contributed by atoms with E-state index in [0.29, 0.717) is 20.7 Å². The Labute approximate surface area is 165 Å². The zero-order chi connectivity index (χ0) is 19.1. The van der Waals surface area contributed by atoms with Crippen LogP contribution in [0.25, 0.3) is 0 Å². The van der Waals surface area contributed by atoms with Crippen molar-refractivity contribution in [2.24, 2.45) is 0 Å². The smallest absolute Gasteiger partial charge is 0.273 e. The molecule has 0 saturated heterocycles. The van der Waals surface area contributed by atoms with E-state index in [-0.39, 0.29) is 17.1 Å². The van der Waals surface area contributed by atoms with Crippen molar-refractivity contribution in [3.63, 3.8) is 0 Å². The van der Waals surface area contributed by atoms with Crippen LogP contribution in [0.2, 0.25) is 10.0 Å². The minimum atomic E-state index is -0.528. The Balaban J connectivity index is 1.93. The van der Waals surface area contributed by atoms with Gasteiger partial charge in [0.1, 0.15) is 0 Å². The van der Waals surface area contributed by atoms with E-state index >= 15 is 0 Å². The third-order valence-corrected chi connectivity index (χ3v) is 4.95. The van der Waals surface area contributed by atoms with E-state index in [0.717, 1.165) is 0 Å². The molecule has 0 heterocycles. The number of hydrazine groups is 1. The van der Waals surface area contributed by atoms with Crippen molar-refractivity contribution in [3.05, 3.63) is 52.0 Å². The van der Waals surface area contributed by atoms with Crippen LogP contribution >= 0.6 is 35.0 Å². The summed E-state index contributed by atoms with van der Waals surface area (Å²) in [7, 11) is 2.90. The molecule has 0 radical (unpaired) electrons. The number of rotatable bonds is 6. The second-order valence-electron chi connectivity index (χ2n) is 4.91. The van der Waals surface area contributed by atoms with Gasteiger partial charge in [0.2, 0.25) is 5.91 Å². The maximum atomic E-state index is 12.3. The number of thioether (sulfide) groups is 1. The molecular formula is C17H16Cl2N2O4S. The molecule has 2 amide bonds. The van der Waals surface area contributed by atoms with Gasteiger partial charge in [-0.05, 0) is 30.3 Å². The molecule has 2 rings (SSSR count). The highest BCUT2D eigenvalue weighted by Gasteiger charge is 2.17. The average Bonchev–Trinajstić information content (AvgIpc) is 2.65. The first-order chi connectivity index (χ1) is 12.5. The van der Waals surface area contributed by atoms with Gasteiger partial charge in [-0.3, -0.25) is 20.4 Å². The predicted molar refractivity (Wildman–Crippen MR) is 102 cm³/mol. The third-order valence-electron chi connectivity index (χ3n) is 3.22. The molecule has 0 atom stereocenters. The fourth-order valence-corrected chi connectivity index (χ4v) is 3.32. The first-order valence-corrected chi connectivity index (χ1v) is 9.08. The summed E-state index contributed by atoms with van der Waals surface area (Å²) in [5.74, 6) is -0.184. The molecule has 6 nitrogen and oxygen atoms in total. The summed E-state index contributed by atoms with van der Waals surface area (Å²) < 4.78 is 10.3. The fourth-order valence-electron chi connectivity index (χ4n) is 2.03. The molecule has 2 aromatic carbocycles. The van der Waals surface area contributed by atoms with E-state index in [1.165, 1.54) is 26.0 Å². The van der Waals surface area contributed by atoms with E-state index in [9.17, 15) is 9.59 Å². The topological polar surface area (TPSA) is 76.7 Å². The fraction of sp³-hybridized carbons (Fsp3) is 0.176. The highest BCUT2D eigenvalue weighted by atomic mass is 35.5. The molecule has 9 heteroatoms. The van der Waals surface area contributed by atoms with Gasteiger partial charge in [-0.1, -0.05) is 29.3 Å². The molecule has 138 valence electrons. The summed E-state index contributed by atoms with van der Waals surface area (Å²) >= 11 is 13.2. The van der Waals surface area contributed by atoms with Crippen LogP contribution in [-0.2, 0) is 4.79 Å². The van der Waals surface area contributed by atoms with Gasteiger partial charge in [0.05, 0.1) is 30.6 Å². The van der Waals surface area contributed by atoms with Gasteiger partial charge in [-0.25, -0.2) is 0 Å². The molecule has 0 unspecified atom stereocenters. The first kappa shape index (κ1) is 20.2. The lowest BCUT2D eigenvalue weighted by molar-refractivity contribution is -0.119. The second-order valence-corrected chi connectivity index (χ2v) is 6.77. The van der Waals surface area contributed by atoms with Gasteiger partial charge in [-0.15, -0.1) is 11.8 Å². The number of benzene rings is 2. The molecule has 0 fully saturated rings. The number of amides is 2. The zero-order valence-electron chi connectivity index (χ0n) is 14.0. The van der Waals surface area contributed by atoms with Crippen molar-refractivity contribution in [1.29, 1.82) is 0 Å². The highest BCUT2D eigenvalue weighted by Crippen LogP contribution is 2.31. The van der Waals surface area contributed by atoms with Gasteiger partial charge in [0.25, 0.3) is 5.91 Å². The molecule has 0 spiro atoms. The second kappa shape index (κ2) is 9.56. The van der Waals surface area contributed by atoms with Crippen LogP contribution in [0.5, 0.6) is 11.5 Å². The Bertz CT molecular complexity index is 817. The van der Waals surface area contributed by atoms with E-state index in [2.05, 4.69) is 10.9 Å². The van der Waals surface area contributed by atoms with Crippen molar-refractivity contribution >= 4 is 46.8 Å². The van der Waals surface area contributed by atoms with Crippen LogP contribution in [0.15, 0.2) is 41.3 Å². The van der Waals surface area contributed by atoms with Crippen molar-refractivity contribution in [3.8, 4) is 11.5 Å². The zero-order valence-corrected chi connectivity index (χ0v) is 16.3. The molecule has 0 aliphatic rings. The summed E-state index contributed by atoms with van der Waals surface area (Å²) in [5.41, 5.74) is 4.92. The number of nitrogens with one attached hydrogen (secondary N) is 2.